The summed E-state index contributed by atoms with van der Waals surface area (Å²) >= 11 is 0. The Kier molecular flexibility index (Phi) is 7.08. The van der Waals surface area contributed by atoms with E-state index in [1.165, 1.54) is 0 Å². The van der Waals surface area contributed by atoms with E-state index in [0.29, 0.717) is 35.6 Å². The molecule has 1 atom stereocenters. The van der Waals surface area contributed by atoms with Gasteiger partial charge in [-0.25, -0.2) is 4.74 Å². The lowest BCUT2D eigenvalue weighted by atomic mass is 9.70. The first-order chi connectivity index (χ1) is 19.9. The minimum absolute atomic E-state index is 0.0344. The molecule has 0 saturated carbocycles. The van der Waals surface area contributed by atoms with Gasteiger partial charge in [-0.1, -0.05) is 135 Å². The van der Waals surface area contributed by atoms with Crippen LogP contribution in [0.3, 0.4) is 0 Å². The normalized spacial score (nSPS) is 18.3. The van der Waals surface area contributed by atoms with Crippen LogP contribution in [0.4, 0.5) is 0 Å². The van der Waals surface area contributed by atoms with Gasteiger partial charge in [0.2, 0.25) is 5.88 Å². The Labute approximate surface area is 241 Å². The molecule has 0 saturated heterocycles. The SMILES string of the molecule is CC1(C)CC(=O)C2=C(C1)OC(N=P(c1ccccc1)(c1ccccc1)c1ccccc1)=C(C#N)[C@@H]2c1ccccc1. The van der Waals surface area contributed by atoms with E-state index in [2.05, 4.69) is 56.3 Å². The van der Waals surface area contributed by atoms with Gasteiger partial charge in [0.25, 0.3) is 0 Å². The third-order valence-corrected chi connectivity index (χ3v) is 11.4. The Hall–Kier alpha value is -4.45. The lowest BCUT2D eigenvalue weighted by Gasteiger charge is -2.38. The average molecular weight is 555 g/mol. The maximum atomic E-state index is 13.7. The van der Waals surface area contributed by atoms with Crippen molar-refractivity contribution in [3.8, 4) is 6.07 Å². The highest BCUT2D eigenvalue weighted by Crippen LogP contribution is 2.53. The molecule has 5 heteroatoms. The van der Waals surface area contributed by atoms with Gasteiger partial charge in [0.1, 0.15) is 17.4 Å². The molecular formula is C36H31N2O2P. The minimum Gasteiger partial charge on any atom is -0.442 e. The van der Waals surface area contributed by atoms with Crippen LogP contribution in [-0.4, -0.2) is 5.78 Å². The number of nitrogens with zero attached hydrogens (tertiary/aromatic N) is 2. The molecular weight excluding hydrogens is 523 g/mol. The van der Waals surface area contributed by atoms with Gasteiger partial charge in [0, 0.05) is 34.3 Å². The van der Waals surface area contributed by atoms with Crippen molar-refractivity contribution in [3.63, 3.8) is 0 Å². The average Bonchev–Trinajstić information content (AvgIpc) is 3.00. The van der Waals surface area contributed by atoms with Crippen LogP contribution in [0, 0.1) is 16.7 Å². The van der Waals surface area contributed by atoms with E-state index in [1.54, 1.807) is 0 Å². The Balaban J connectivity index is 1.71. The largest absolute Gasteiger partial charge is 0.442 e. The predicted octanol–water partition coefficient (Wildman–Crippen LogP) is 7.36. The summed E-state index contributed by atoms with van der Waals surface area (Å²) < 4.78 is 12.2. The van der Waals surface area contributed by atoms with Crippen LogP contribution >= 0.6 is 7.05 Å². The monoisotopic (exact) mass is 554 g/mol. The molecule has 0 aromatic heterocycles. The molecule has 4 aromatic carbocycles. The van der Waals surface area contributed by atoms with Crippen LogP contribution < -0.4 is 15.9 Å². The second-order valence-electron chi connectivity index (χ2n) is 11.3. The third kappa shape index (κ3) is 4.88. The maximum Gasteiger partial charge on any atom is 0.233 e. The Bertz CT molecular complexity index is 1650. The third-order valence-electron chi connectivity index (χ3n) is 7.79. The molecule has 0 fully saturated rings. The Morgan fingerprint density at radius 2 is 1.22 bits per heavy atom. The molecule has 4 nitrogen and oxygen atoms in total. The number of carbonyl (C=O) groups excluding carboxylic acids is 1. The number of ether oxygens (including phenoxy) is 1. The molecule has 0 N–H and O–H groups in total. The van der Waals surface area contributed by atoms with Crippen LogP contribution in [0.2, 0.25) is 0 Å². The molecule has 1 aliphatic heterocycles. The summed E-state index contributed by atoms with van der Waals surface area (Å²) in [5.74, 6) is 0.435. The van der Waals surface area contributed by atoms with E-state index in [9.17, 15) is 10.1 Å². The molecule has 1 aliphatic carbocycles. The van der Waals surface area contributed by atoms with Gasteiger partial charge in [0.05, 0.1) is 13.0 Å². The standard InChI is InChI=1S/C36H31N2O2P/c1-36(2)23-31(39)34-32(24-36)40-35(30(25-37)33(34)26-15-7-3-8-16-26)38-41(27-17-9-4-10-18-27,28-19-11-5-12-20-28)29-21-13-6-14-22-29/h3-22,33H,23-24H2,1-2H3/t33-/m0/s1. The predicted molar refractivity (Wildman–Crippen MR) is 166 cm³/mol. The fourth-order valence-corrected chi connectivity index (χ4v) is 9.46. The van der Waals surface area contributed by atoms with Gasteiger partial charge in [-0.2, -0.15) is 5.26 Å². The zero-order valence-electron chi connectivity index (χ0n) is 23.2. The summed E-state index contributed by atoms with van der Waals surface area (Å²) in [6.45, 7) is 4.18. The fraction of sp³-hybridized carbons (Fsp3) is 0.167. The summed E-state index contributed by atoms with van der Waals surface area (Å²) in [4.78, 5) is 13.7. The number of Topliss-reactive ketones (excluding diaryl/α,β-unsaturated/α-hetero) is 1. The van der Waals surface area contributed by atoms with E-state index in [0.717, 1.165) is 21.5 Å². The molecule has 202 valence electrons. The number of carbonyl (C=O) groups is 1. The van der Waals surface area contributed by atoms with Gasteiger partial charge in [-0.3, -0.25) is 4.79 Å². The van der Waals surface area contributed by atoms with Crippen molar-refractivity contribution in [2.75, 3.05) is 0 Å². The molecule has 0 unspecified atom stereocenters. The van der Waals surface area contributed by atoms with Crippen molar-refractivity contribution >= 4 is 28.8 Å². The van der Waals surface area contributed by atoms with E-state index < -0.39 is 13.0 Å². The topological polar surface area (TPSA) is 62.4 Å². The molecule has 0 amide bonds. The van der Waals surface area contributed by atoms with E-state index in [-0.39, 0.29) is 11.2 Å². The lowest BCUT2D eigenvalue weighted by molar-refractivity contribution is -0.119. The van der Waals surface area contributed by atoms with Crippen molar-refractivity contribution < 1.29 is 9.53 Å². The summed E-state index contributed by atoms with van der Waals surface area (Å²) in [6.07, 6.45) is 1.02. The summed E-state index contributed by atoms with van der Waals surface area (Å²) in [5.41, 5.74) is 1.60. The van der Waals surface area contributed by atoms with Crippen molar-refractivity contribution in [1.29, 1.82) is 5.26 Å². The number of allylic oxidation sites excluding steroid dienone is 3. The first-order valence-corrected chi connectivity index (χ1v) is 15.6. The second-order valence-corrected chi connectivity index (χ2v) is 14.3. The molecule has 0 radical (unpaired) electrons. The Morgan fingerprint density at radius 3 is 1.68 bits per heavy atom. The molecule has 2 aliphatic rings. The van der Waals surface area contributed by atoms with Gasteiger partial charge in [0.15, 0.2) is 5.78 Å². The van der Waals surface area contributed by atoms with E-state index in [4.69, 9.17) is 9.48 Å². The van der Waals surface area contributed by atoms with Crippen LogP contribution in [0.25, 0.3) is 0 Å². The summed E-state index contributed by atoms with van der Waals surface area (Å²) in [7, 11) is -2.70. The number of hydrogen-bond acceptors (Lipinski definition) is 4. The molecule has 4 aromatic rings. The van der Waals surface area contributed by atoms with Crippen molar-refractivity contribution in [2.45, 2.75) is 32.6 Å². The van der Waals surface area contributed by atoms with Gasteiger partial charge >= 0.3 is 0 Å². The van der Waals surface area contributed by atoms with Crippen LogP contribution in [-0.2, 0) is 9.53 Å². The number of benzene rings is 4. The van der Waals surface area contributed by atoms with Crippen LogP contribution in [0.5, 0.6) is 0 Å². The molecule has 1 heterocycles. The van der Waals surface area contributed by atoms with E-state index in [1.807, 2.05) is 84.9 Å². The second kappa shape index (κ2) is 10.8. The van der Waals surface area contributed by atoms with Crippen molar-refractivity contribution in [3.05, 3.63) is 150 Å². The zero-order chi connectivity index (χ0) is 28.5. The minimum atomic E-state index is -2.70. The van der Waals surface area contributed by atoms with Crippen LogP contribution in [0.15, 0.2) is 149 Å². The van der Waals surface area contributed by atoms with Crippen molar-refractivity contribution in [2.24, 2.45) is 10.2 Å². The van der Waals surface area contributed by atoms with Crippen LogP contribution in [0.1, 0.15) is 38.2 Å². The van der Waals surface area contributed by atoms with E-state index >= 15 is 0 Å². The summed E-state index contributed by atoms with van der Waals surface area (Å²) in [5, 5.41) is 13.9. The highest BCUT2D eigenvalue weighted by atomic mass is 31.2. The Morgan fingerprint density at radius 1 is 0.756 bits per heavy atom. The number of nitriles is 1. The quantitative estimate of drug-likeness (QED) is 0.242. The van der Waals surface area contributed by atoms with Gasteiger partial charge in [-0.15, -0.1) is 0 Å². The molecule has 0 bridgehead atoms. The maximum absolute atomic E-state index is 13.7. The zero-order valence-corrected chi connectivity index (χ0v) is 24.1. The van der Waals surface area contributed by atoms with Gasteiger partial charge in [-0.05, 0) is 11.0 Å². The fourth-order valence-electron chi connectivity index (χ4n) is 5.98. The molecule has 0 spiro atoms. The lowest BCUT2D eigenvalue weighted by Crippen LogP contribution is -2.32. The highest BCUT2D eigenvalue weighted by Gasteiger charge is 2.44. The van der Waals surface area contributed by atoms with Crippen molar-refractivity contribution in [1.82, 2.24) is 0 Å². The first-order valence-electron chi connectivity index (χ1n) is 13.9. The highest BCUT2D eigenvalue weighted by molar-refractivity contribution is 7.87. The number of hydrogen-bond donors (Lipinski definition) is 0. The smallest absolute Gasteiger partial charge is 0.233 e. The summed E-state index contributed by atoms with van der Waals surface area (Å²) in [6, 6.07) is 43.1. The van der Waals surface area contributed by atoms with Gasteiger partial charge < -0.3 is 4.74 Å². The molecule has 41 heavy (non-hydrogen) atoms. The first kappa shape index (κ1) is 26.8. The number of ketones is 1. The number of rotatable bonds is 5. The molecule has 6 rings (SSSR count).